The van der Waals surface area contributed by atoms with Crippen molar-refractivity contribution in [2.75, 3.05) is 0 Å². The van der Waals surface area contributed by atoms with Gasteiger partial charge in [-0.2, -0.15) is 0 Å². The fourth-order valence-corrected chi connectivity index (χ4v) is 3.01. The fraction of sp³-hybridized carbons (Fsp3) is 0.176. The number of rotatable bonds is 7. The molecular weight excluding hydrogens is 371 g/mol. The highest BCUT2D eigenvalue weighted by Gasteiger charge is 2.32. The first-order valence-electron chi connectivity index (χ1n) is 7.96. The Morgan fingerprint density at radius 1 is 1.41 bits per heavy atom. The monoisotopic (exact) mass is 390 g/mol. The molecule has 1 unspecified atom stereocenters. The number of hydrogen-bond acceptors (Lipinski definition) is 5. The van der Waals surface area contributed by atoms with Crippen LogP contribution in [0.1, 0.15) is 40.9 Å². The van der Waals surface area contributed by atoms with E-state index in [1.165, 1.54) is 12.1 Å². The molecule has 0 spiro atoms. The van der Waals surface area contributed by atoms with E-state index in [1.807, 2.05) is 6.92 Å². The van der Waals surface area contributed by atoms with Crippen LogP contribution < -0.4 is 10.9 Å². The van der Waals surface area contributed by atoms with E-state index in [0.29, 0.717) is 6.42 Å². The van der Waals surface area contributed by atoms with E-state index in [0.717, 1.165) is 6.20 Å². The minimum absolute atomic E-state index is 0.0934. The summed E-state index contributed by atoms with van der Waals surface area (Å²) in [6.07, 6.45) is 3.28. The van der Waals surface area contributed by atoms with Crippen molar-refractivity contribution in [1.82, 2.24) is 15.3 Å². The number of hydrogen-bond donors (Lipinski definition) is 4. The topological polar surface area (TPSA) is 145 Å². The van der Waals surface area contributed by atoms with Crippen LogP contribution in [0.5, 0.6) is 0 Å². The van der Waals surface area contributed by atoms with Gasteiger partial charge in [0.15, 0.2) is 11.6 Å². The summed E-state index contributed by atoms with van der Waals surface area (Å²) in [6.45, 7) is 5.54. The van der Waals surface area contributed by atoms with Gasteiger partial charge in [-0.1, -0.05) is 43.8 Å². The second-order valence-corrected chi connectivity index (χ2v) is 7.21. The van der Waals surface area contributed by atoms with E-state index in [4.69, 9.17) is 0 Å². The van der Waals surface area contributed by atoms with Crippen molar-refractivity contribution in [2.45, 2.75) is 19.1 Å². The number of aromatic nitrogens is 2. The van der Waals surface area contributed by atoms with E-state index < -0.39 is 24.8 Å². The van der Waals surface area contributed by atoms with Gasteiger partial charge in [0.05, 0.1) is 5.70 Å². The average molecular weight is 390 g/mol. The zero-order valence-corrected chi connectivity index (χ0v) is 15.4. The average Bonchev–Trinajstić information content (AvgIpc) is 2.63. The summed E-state index contributed by atoms with van der Waals surface area (Å²) >= 11 is 0. The Bertz CT molecular complexity index is 965. The lowest BCUT2D eigenvalue weighted by Gasteiger charge is -2.20. The molecule has 0 bridgehead atoms. The molecule has 1 atom stereocenters. The zero-order valence-electron chi connectivity index (χ0n) is 14.5. The molecule has 0 fully saturated rings. The minimum atomic E-state index is -4.72. The predicted octanol–water partition coefficient (Wildman–Crippen LogP) is 1.83. The Morgan fingerprint density at radius 2 is 2.07 bits per heavy atom. The van der Waals surface area contributed by atoms with Crippen LogP contribution in [0.25, 0.3) is 5.70 Å². The van der Waals surface area contributed by atoms with Crippen LogP contribution in [-0.2, 0) is 4.57 Å². The highest BCUT2D eigenvalue weighted by Crippen LogP contribution is 2.49. The van der Waals surface area contributed by atoms with Crippen molar-refractivity contribution in [3.63, 3.8) is 0 Å². The Kier molecular flexibility index (Phi) is 6.57. The zero-order chi connectivity index (χ0) is 20.0. The molecule has 1 aromatic heterocycles. The van der Waals surface area contributed by atoms with Crippen molar-refractivity contribution >= 4 is 25.4 Å². The maximum absolute atomic E-state index is 12.4. The van der Waals surface area contributed by atoms with Crippen LogP contribution in [-0.4, -0.2) is 31.9 Å². The maximum Gasteiger partial charge on any atom is 0.352 e. The number of nitrogens with zero attached hydrogens (tertiary/aromatic N) is 2. The minimum Gasteiger partial charge on any atom is -0.334 e. The third-order valence-electron chi connectivity index (χ3n) is 3.47. The number of carbonyl (C=O) groups is 1. The lowest BCUT2D eigenvalue weighted by Crippen LogP contribution is -2.33. The molecule has 1 aromatic carbocycles. The summed E-state index contributed by atoms with van der Waals surface area (Å²) in [5.74, 6) is -2.46. The van der Waals surface area contributed by atoms with E-state index in [9.17, 15) is 23.9 Å². The standard InChI is InChI=1S/C17H19N4O5P/c1-3-9-18-11(2)14-19-10-13(15(22)20-14)16(23)21-17(27(24,25)26)12-7-5-4-6-8-12/h4-10,17H,2-3H2,1H3,(H,21,23)(H,19,20,22)(H2,24,25,26). The van der Waals surface area contributed by atoms with E-state index in [1.54, 1.807) is 24.4 Å². The van der Waals surface area contributed by atoms with Crippen LogP contribution in [0.15, 0.2) is 52.9 Å². The Labute approximate surface area is 155 Å². The summed E-state index contributed by atoms with van der Waals surface area (Å²) < 4.78 is 11.8. The van der Waals surface area contributed by atoms with Gasteiger partial charge < -0.3 is 20.1 Å². The van der Waals surface area contributed by atoms with Gasteiger partial charge in [-0.15, -0.1) is 0 Å². The van der Waals surface area contributed by atoms with Crippen molar-refractivity contribution < 1.29 is 19.1 Å². The Morgan fingerprint density at radius 3 is 2.63 bits per heavy atom. The highest BCUT2D eigenvalue weighted by atomic mass is 31.2. The van der Waals surface area contributed by atoms with Gasteiger partial charge in [0.1, 0.15) is 5.56 Å². The SMILES string of the molecule is C=C(N=CCC)c1ncc(C(=O)NC(c2ccccc2)P(=O)(O)O)c(=O)[nH]1. The van der Waals surface area contributed by atoms with Crippen LogP contribution in [0, 0.1) is 0 Å². The van der Waals surface area contributed by atoms with Crippen molar-refractivity contribution in [3.8, 4) is 0 Å². The second-order valence-electron chi connectivity index (χ2n) is 5.52. The van der Waals surface area contributed by atoms with Crippen LogP contribution in [0.3, 0.4) is 0 Å². The molecule has 27 heavy (non-hydrogen) atoms. The molecule has 0 saturated heterocycles. The molecule has 4 N–H and O–H groups in total. The fourth-order valence-electron chi connectivity index (χ4n) is 2.16. The van der Waals surface area contributed by atoms with Crippen LogP contribution in [0.2, 0.25) is 0 Å². The van der Waals surface area contributed by atoms with Gasteiger partial charge in [0.25, 0.3) is 11.5 Å². The quantitative estimate of drug-likeness (QED) is 0.419. The summed E-state index contributed by atoms with van der Waals surface area (Å²) in [5.41, 5.74) is -0.732. The first-order valence-corrected chi connectivity index (χ1v) is 9.64. The third kappa shape index (κ3) is 5.30. The maximum atomic E-state index is 12.4. The highest BCUT2D eigenvalue weighted by molar-refractivity contribution is 7.52. The number of aliphatic imine (C=N–C) groups is 1. The molecule has 2 aromatic rings. The van der Waals surface area contributed by atoms with Crippen LogP contribution in [0.4, 0.5) is 0 Å². The molecular formula is C17H19N4O5P. The molecule has 0 radical (unpaired) electrons. The van der Waals surface area contributed by atoms with E-state index in [2.05, 4.69) is 26.9 Å². The van der Waals surface area contributed by atoms with Crippen molar-refractivity contribution in [2.24, 2.45) is 4.99 Å². The lowest BCUT2D eigenvalue weighted by molar-refractivity contribution is 0.0941. The number of H-pyrrole nitrogens is 1. The number of nitrogens with one attached hydrogen (secondary N) is 2. The molecule has 2 rings (SSSR count). The molecule has 0 aliphatic carbocycles. The summed E-state index contributed by atoms with van der Waals surface area (Å²) in [6, 6.07) is 7.76. The summed E-state index contributed by atoms with van der Waals surface area (Å²) in [4.78, 5) is 54.0. The smallest absolute Gasteiger partial charge is 0.334 e. The van der Waals surface area contributed by atoms with Gasteiger partial charge in [-0.3, -0.25) is 19.1 Å². The molecule has 142 valence electrons. The number of benzene rings is 1. The third-order valence-corrected chi connectivity index (χ3v) is 4.57. The molecule has 0 aliphatic heterocycles. The summed E-state index contributed by atoms with van der Waals surface area (Å²) in [7, 11) is -4.72. The number of amides is 1. The normalized spacial score (nSPS) is 12.7. The second kappa shape index (κ2) is 8.68. The first-order chi connectivity index (χ1) is 12.7. The Hall–Kier alpha value is -2.87. The molecule has 10 heteroatoms. The lowest BCUT2D eigenvalue weighted by atomic mass is 10.2. The van der Waals surface area contributed by atoms with Gasteiger partial charge in [0, 0.05) is 12.4 Å². The van der Waals surface area contributed by atoms with Crippen LogP contribution >= 0.6 is 7.60 Å². The molecule has 1 amide bonds. The molecule has 0 aliphatic rings. The molecule has 1 heterocycles. The largest absolute Gasteiger partial charge is 0.352 e. The Balaban J connectivity index is 2.29. The van der Waals surface area contributed by atoms with Gasteiger partial charge in [0.2, 0.25) is 0 Å². The summed E-state index contributed by atoms with van der Waals surface area (Å²) in [5, 5.41) is 2.20. The molecule has 9 nitrogen and oxygen atoms in total. The van der Waals surface area contributed by atoms with E-state index in [-0.39, 0.29) is 22.6 Å². The van der Waals surface area contributed by atoms with Gasteiger partial charge in [-0.05, 0) is 12.0 Å². The van der Waals surface area contributed by atoms with Gasteiger partial charge in [-0.25, -0.2) is 4.98 Å². The number of carbonyl (C=O) groups excluding carboxylic acids is 1. The predicted molar refractivity (Wildman–Crippen MR) is 101 cm³/mol. The van der Waals surface area contributed by atoms with Gasteiger partial charge >= 0.3 is 7.60 Å². The van der Waals surface area contributed by atoms with Crippen molar-refractivity contribution in [1.29, 1.82) is 0 Å². The molecule has 0 saturated carbocycles. The first kappa shape index (κ1) is 20.4. The van der Waals surface area contributed by atoms with E-state index >= 15 is 0 Å². The van der Waals surface area contributed by atoms with Crippen molar-refractivity contribution in [3.05, 3.63) is 70.4 Å². The number of aromatic amines is 1.